The van der Waals surface area contributed by atoms with E-state index in [9.17, 15) is 0 Å². The van der Waals surface area contributed by atoms with Gasteiger partial charge in [0.15, 0.2) is 5.52 Å². The molecule has 4 rings (SSSR count). The predicted octanol–water partition coefficient (Wildman–Crippen LogP) is 3.08. The van der Waals surface area contributed by atoms with E-state index in [2.05, 4.69) is 47.9 Å². The highest BCUT2D eigenvalue weighted by atomic mass is 127. The number of aromatic amines is 2. The van der Waals surface area contributed by atoms with Crippen LogP contribution < -0.4 is 4.68 Å². The fourth-order valence-electron chi connectivity index (χ4n) is 2.31. The summed E-state index contributed by atoms with van der Waals surface area (Å²) < 4.78 is 2.89. The fourth-order valence-corrected chi connectivity index (χ4v) is 3.44. The lowest BCUT2D eigenvalue weighted by molar-refractivity contribution is -0.751. The van der Waals surface area contributed by atoms with E-state index in [0.29, 0.717) is 16.6 Å². The molecule has 0 fully saturated rings. The van der Waals surface area contributed by atoms with Gasteiger partial charge in [-0.25, -0.2) is 4.98 Å². The van der Waals surface area contributed by atoms with Gasteiger partial charge in [0.05, 0.1) is 21.8 Å². The van der Waals surface area contributed by atoms with Crippen molar-refractivity contribution in [2.24, 2.45) is 0 Å². The summed E-state index contributed by atoms with van der Waals surface area (Å²) in [6, 6.07) is 1.76. The Kier molecular flexibility index (Phi) is 3.43. The molecule has 0 aliphatic heterocycles. The average molecular weight is 446 g/mol. The van der Waals surface area contributed by atoms with E-state index >= 15 is 0 Å². The molecular formula is C13H8Cl2IN6+. The van der Waals surface area contributed by atoms with Crippen LogP contribution in [0.3, 0.4) is 0 Å². The molecule has 6 nitrogen and oxygen atoms in total. The predicted molar refractivity (Wildman–Crippen MR) is 92.0 cm³/mol. The van der Waals surface area contributed by atoms with Gasteiger partial charge in [0.2, 0.25) is 6.54 Å². The molecule has 9 heteroatoms. The van der Waals surface area contributed by atoms with Gasteiger partial charge in [-0.2, -0.15) is 10.2 Å². The van der Waals surface area contributed by atoms with Crippen LogP contribution in [0.5, 0.6) is 0 Å². The van der Waals surface area contributed by atoms with Crippen molar-refractivity contribution < 1.29 is 4.68 Å². The van der Waals surface area contributed by atoms with Crippen molar-refractivity contribution in [3.8, 4) is 0 Å². The van der Waals surface area contributed by atoms with E-state index in [1.165, 1.54) is 0 Å². The Morgan fingerprint density at radius 1 is 1.18 bits per heavy atom. The smallest absolute Gasteiger partial charge is 0.275 e. The Morgan fingerprint density at radius 2 is 2.05 bits per heavy atom. The summed E-state index contributed by atoms with van der Waals surface area (Å²) in [5, 5.41) is 11.3. The quantitative estimate of drug-likeness (QED) is 0.368. The van der Waals surface area contributed by atoms with Crippen molar-refractivity contribution in [1.82, 2.24) is 25.3 Å². The first kappa shape index (κ1) is 14.2. The average Bonchev–Trinajstić information content (AvgIpc) is 3.10. The molecule has 0 aliphatic carbocycles. The maximum Gasteiger partial charge on any atom is 0.292 e. The summed E-state index contributed by atoms with van der Waals surface area (Å²) in [6.07, 6.45) is 5.09. The second kappa shape index (κ2) is 5.32. The third-order valence-corrected chi connectivity index (χ3v) is 5.23. The Bertz CT molecular complexity index is 1010. The second-order valence-corrected chi connectivity index (χ2v) is 6.54. The summed E-state index contributed by atoms with van der Waals surface area (Å²) in [7, 11) is 0. The van der Waals surface area contributed by atoms with Gasteiger partial charge in [-0.05, 0) is 6.07 Å². The van der Waals surface area contributed by atoms with Gasteiger partial charge in [-0.1, -0.05) is 27.9 Å². The van der Waals surface area contributed by atoms with E-state index in [1.54, 1.807) is 24.7 Å². The summed E-state index contributed by atoms with van der Waals surface area (Å²) in [6.45, 7) is 0.533. The molecule has 110 valence electrons. The highest BCUT2D eigenvalue weighted by molar-refractivity contribution is 14.1. The number of nitrogens with zero attached hydrogens (tertiary/aromatic N) is 4. The minimum Gasteiger partial charge on any atom is -0.275 e. The van der Waals surface area contributed by atoms with Gasteiger partial charge in [0.25, 0.3) is 3.70 Å². The lowest BCUT2D eigenvalue weighted by Gasteiger charge is -2.00. The molecule has 2 N–H and O–H groups in total. The third kappa shape index (κ3) is 2.15. The molecule has 0 spiro atoms. The zero-order valence-corrected chi connectivity index (χ0v) is 14.6. The van der Waals surface area contributed by atoms with Crippen LogP contribution in [0.1, 0.15) is 5.56 Å². The second-order valence-electron chi connectivity index (χ2n) is 4.73. The number of halogens is 3. The van der Waals surface area contributed by atoms with Crippen molar-refractivity contribution in [2.45, 2.75) is 6.54 Å². The first-order valence-corrected chi connectivity index (χ1v) is 8.16. The number of rotatable bonds is 2. The highest BCUT2D eigenvalue weighted by Crippen LogP contribution is 2.25. The van der Waals surface area contributed by atoms with Gasteiger partial charge < -0.3 is 0 Å². The number of aromatic nitrogens is 6. The minimum absolute atomic E-state index is 0.533. The highest BCUT2D eigenvalue weighted by Gasteiger charge is 2.22. The fraction of sp³-hybridized carbons (Fsp3) is 0.0769. The van der Waals surface area contributed by atoms with Crippen LogP contribution in [-0.2, 0) is 6.54 Å². The maximum absolute atomic E-state index is 6.43. The Morgan fingerprint density at radius 3 is 2.86 bits per heavy atom. The van der Waals surface area contributed by atoms with Crippen LogP contribution in [0.4, 0.5) is 0 Å². The number of hydrogen-bond acceptors (Lipinski definition) is 3. The van der Waals surface area contributed by atoms with Gasteiger partial charge in [0, 0.05) is 35.0 Å². The van der Waals surface area contributed by atoms with Crippen molar-refractivity contribution in [3.63, 3.8) is 0 Å². The maximum atomic E-state index is 6.43. The van der Waals surface area contributed by atoms with Gasteiger partial charge in [-0.3, -0.25) is 10.1 Å². The van der Waals surface area contributed by atoms with Crippen molar-refractivity contribution >= 4 is 67.9 Å². The van der Waals surface area contributed by atoms with Gasteiger partial charge in [-0.15, -0.1) is 0 Å². The summed E-state index contributed by atoms with van der Waals surface area (Å²) >= 11 is 14.9. The van der Waals surface area contributed by atoms with Gasteiger partial charge in [0.1, 0.15) is 16.6 Å². The van der Waals surface area contributed by atoms with E-state index in [-0.39, 0.29) is 0 Å². The SMILES string of the molecule is Clc1c(C[n+]2[nH]c3c(Cl)ccnc3c2I)cnc2cn[nH]c12. The number of hydrogen-bond donors (Lipinski definition) is 2. The molecule has 4 aromatic heterocycles. The molecule has 22 heavy (non-hydrogen) atoms. The molecule has 0 radical (unpaired) electrons. The first-order valence-electron chi connectivity index (χ1n) is 6.33. The minimum atomic E-state index is 0.533. The molecule has 0 aromatic carbocycles. The lowest BCUT2D eigenvalue weighted by atomic mass is 10.2. The van der Waals surface area contributed by atoms with Gasteiger partial charge >= 0.3 is 0 Å². The van der Waals surface area contributed by atoms with Crippen molar-refractivity contribution in [2.75, 3.05) is 0 Å². The molecular weight excluding hydrogens is 438 g/mol. The molecule has 0 atom stereocenters. The Hall–Kier alpha value is -1.45. The monoisotopic (exact) mass is 445 g/mol. The first-order chi connectivity index (χ1) is 10.6. The van der Waals surface area contributed by atoms with Crippen LogP contribution in [-0.4, -0.2) is 25.3 Å². The molecule has 0 unspecified atom stereocenters. The number of H-pyrrole nitrogens is 2. The molecule has 0 saturated carbocycles. The number of pyridine rings is 2. The van der Waals surface area contributed by atoms with Crippen LogP contribution in [0.2, 0.25) is 10.0 Å². The van der Waals surface area contributed by atoms with E-state index < -0.39 is 0 Å². The molecule has 0 aliphatic rings. The third-order valence-electron chi connectivity index (χ3n) is 3.39. The molecule has 4 aromatic rings. The standard InChI is InChI=1S/C13H7Cl2IN6/c14-7-1-2-17-12-10(7)21-22(13(12)16)5-6-3-18-8-4-19-20-11(8)9(6)15/h1-4H,5H2,(H,18,19,20)/p+1. The van der Waals surface area contributed by atoms with Crippen LogP contribution in [0.25, 0.3) is 22.1 Å². The summed E-state index contributed by atoms with van der Waals surface area (Å²) in [5.41, 5.74) is 4.00. The van der Waals surface area contributed by atoms with Crippen LogP contribution in [0, 0.1) is 3.70 Å². The molecule has 0 amide bonds. The zero-order chi connectivity index (χ0) is 15.3. The van der Waals surface area contributed by atoms with Crippen molar-refractivity contribution in [3.05, 3.63) is 44.0 Å². The summed E-state index contributed by atoms with van der Waals surface area (Å²) in [4.78, 5) is 8.71. The number of fused-ring (bicyclic) bond motifs is 2. The van der Waals surface area contributed by atoms with E-state index in [4.69, 9.17) is 23.2 Å². The van der Waals surface area contributed by atoms with E-state index in [1.807, 2.05) is 4.68 Å². The Balaban J connectivity index is 1.84. The molecule has 4 heterocycles. The van der Waals surface area contributed by atoms with Crippen LogP contribution >= 0.6 is 45.8 Å². The largest absolute Gasteiger partial charge is 0.292 e. The Labute approximate surface area is 148 Å². The topological polar surface area (TPSA) is 74.1 Å². The normalized spacial score (nSPS) is 11.6. The van der Waals surface area contributed by atoms with Crippen LogP contribution in [0.15, 0.2) is 24.7 Å². The van der Waals surface area contributed by atoms with E-state index in [0.717, 1.165) is 31.3 Å². The molecule has 0 saturated heterocycles. The number of nitrogens with one attached hydrogen (secondary N) is 2. The summed E-state index contributed by atoms with van der Waals surface area (Å²) in [5.74, 6) is 0. The molecule has 0 bridgehead atoms. The van der Waals surface area contributed by atoms with Crippen molar-refractivity contribution in [1.29, 1.82) is 0 Å². The lowest BCUT2D eigenvalue weighted by Crippen LogP contribution is -2.39. The zero-order valence-electron chi connectivity index (χ0n) is 10.9.